The lowest BCUT2D eigenvalue weighted by Crippen LogP contribution is -1.96. The number of halogens is 2. The van der Waals surface area contributed by atoms with E-state index in [2.05, 4.69) is 15.9 Å². The summed E-state index contributed by atoms with van der Waals surface area (Å²) in [4.78, 5) is 10.4. The Morgan fingerprint density at radius 2 is 2.10 bits per heavy atom. The van der Waals surface area contributed by atoms with E-state index in [-0.39, 0.29) is 22.9 Å². The highest BCUT2D eigenvalue weighted by molar-refractivity contribution is 9.08. The van der Waals surface area contributed by atoms with Crippen molar-refractivity contribution in [3.63, 3.8) is 0 Å². The highest BCUT2D eigenvalue weighted by atomic mass is 79.9. The van der Waals surface area contributed by atoms with Gasteiger partial charge in [-0.1, -0.05) is 28.1 Å². The average molecular weight is 356 g/mol. The Hall–Kier alpha value is -2.15. The van der Waals surface area contributed by atoms with Crippen LogP contribution in [0.25, 0.3) is 0 Å². The Balaban J connectivity index is 2.41. The first-order chi connectivity index (χ1) is 10.1. The number of nitro benzene ring substituents is 1. The van der Waals surface area contributed by atoms with Gasteiger partial charge in [0.05, 0.1) is 18.1 Å². The summed E-state index contributed by atoms with van der Waals surface area (Å²) in [5, 5.41) is 11.4. The molecule has 0 bridgehead atoms. The smallest absolute Gasteiger partial charge is 0.314 e. The molecule has 21 heavy (non-hydrogen) atoms. The van der Waals surface area contributed by atoms with Crippen LogP contribution in [0.1, 0.15) is 5.56 Å². The van der Waals surface area contributed by atoms with E-state index in [1.165, 1.54) is 31.4 Å². The summed E-state index contributed by atoms with van der Waals surface area (Å²) in [7, 11) is 1.34. The number of ether oxygens (including phenoxy) is 2. The first-order valence-electron chi connectivity index (χ1n) is 5.90. The van der Waals surface area contributed by atoms with E-state index in [4.69, 9.17) is 9.47 Å². The number of hydrogen-bond acceptors (Lipinski definition) is 4. The Labute approximate surface area is 128 Å². The lowest BCUT2D eigenvalue weighted by atomic mass is 10.2. The van der Waals surface area contributed by atoms with Crippen molar-refractivity contribution < 1.29 is 18.8 Å². The summed E-state index contributed by atoms with van der Waals surface area (Å²) >= 11 is 3.24. The standard InChI is InChI=1S/C14H11BrFNO4/c1-20-13-6-5-10(7-12(13)17(18)19)21-14-9(8-15)3-2-4-11(14)16/h2-7H,8H2,1H3. The molecule has 2 aromatic carbocycles. The Kier molecular flexibility index (Phi) is 4.74. The van der Waals surface area contributed by atoms with E-state index in [1.807, 2.05) is 0 Å². The van der Waals surface area contributed by atoms with Crippen molar-refractivity contribution in [1.82, 2.24) is 0 Å². The molecule has 110 valence electrons. The average Bonchev–Trinajstić information content (AvgIpc) is 2.49. The zero-order valence-electron chi connectivity index (χ0n) is 11.0. The number of para-hydroxylation sites is 1. The third-order valence-corrected chi connectivity index (χ3v) is 3.36. The number of rotatable bonds is 5. The van der Waals surface area contributed by atoms with Crippen molar-refractivity contribution in [3.05, 3.63) is 57.9 Å². The van der Waals surface area contributed by atoms with Crippen LogP contribution >= 0.6 is 15.9 Å². The van der Waals surface area contributed by atoms with Crippen molar-refractivity contribution in [3.8, 4) is 17.2 Å². The van der Waals surface area contributed by atoms with Gasteiger partial charge in [-0.3, -0.25) is 10.1 Å². The highest BCUT2D eigenvalue weighted by Crippen LogP contribution is 2.35. The van der Waals surface area contributed by atoms with Crippen molar-refractivity contribution in [2.24, 2.45) is 0 Å². The third kappa shape index (κ3) is 3.30. The largest absolute Gasteiger partial charge is 0.490 e. The van der Waals surface area contributed by atoms with Crippen molar-refractivity contribution >= 4 is 21.6 Å². The van der Waals surface area contributed by atoms with Gasteiger partial charge in [0.15, 0.2) is 17.3 Å². The quantitative estimate of drug-likeness (QED) is 0.452. The first kappa shape index (κ1) is 15.2. The fraction of sp³-hybridized carbons (Fsp3) is 0.143. The molecular weight excluding hydrogens is 345 g/mol. The van der Waals surface area contributed by atoms with E-state index in [0.29, 0.717) is 10.9 Å². The minimum absolute atomic E-state index is 0.0360. The molecule has 0 radical (unpaired) electrons. The van der Waals surface area contributed by atoms with Gasteiger partial charge in [-0.2, -0.15) is 0 Å². The molecule has 0 aromatic heterocycles. The van der Waals surface area contributed by atoms with Crippen LogP contribution in [0.2, 0.25) is 0 Å². The van der Waals surface area contributed by atoms with Crippen molar-refractivity contribution in [2.45, 2.75) is 5.33 Å². The van der Waals surface area contributed by atoms with Crippen molar-refractivity contribution in [1.29, 1.82) is 0 Å². The Morgan fingerprint density at radius 3 is 2.71 bits per heavy atom. The molecule has 0 heterocycles. The van der Waals surface area contributed by atoms with Gasteiger partial charge in [0.1, 0.15) is 5.75 Å². The van der Waals surface area contributed by atoms with Crippen LogP contribution in [-0.2, 0) is 5.33 Å². The summed E-state index contributed by atoms with van der Waals surface area (Å²) in [5.74, 6) is -0.226. The second-order valence-electron chi connectivity index (χ2n) is 4.05. The van der Waals surface area contributed by atoms with E-state index in [9.17, 15) is 14.5 Å². The highest BCUT2D eigenvalue weighted by Gasteiger charge is 2.17. The SMILES string of the molecule is COc1ccc(Oc2c(F)cccc2CBr)cc1[N+](=O)[O-]. The van der Waals surface area contributed by atoms with Crippen LogP contribution in [0.3, 0.4) is 0 Å². The Bertz CT molecular complexity index is 678. The second-order valence-corrected chi connectivity index (χ2v) is 4.62. The van der Waals surface area contributed by atoms with Gasteiger partial charge in [0.25, 0.3) is 0 Å². The van der Waals surface area contributed by atoms with Gasteiger partial charge in [-0.25, -0.2) is 4.39 Å². The molecule has 0 amide bonds. The molecule has 0 fully saturated rings. The fourth-order valence-corrected chi connectivity index (χ4v) is 2.21. The van der Waals surface area contributed by atoms with Crippen molar-refractivity contribution in [2.75, 3.05) is 7.11 Å². The predicted octanol–water partition coefficient (Wildman–Crippen LogP) is 4.43. The fourth-order valence-electron chi connectivity index (χ4n) is 1.77. The number of methoxy groups -OCH3 is 1. The van der Waals surface area contributed by atoms with Gasteiger partial charge in [-0.15, -0.1) is 0 Å². The van der Waals surface area contributed by atoms with E-state index < -0.39 is 10.7 Å². The molecule has 7 heteroatoms. The van der Waals surface area contributed by atoms with Gasteiger partial charge in [0, 0.05) is 10.9 Å². The zero-order chi connectivity index (χ0) is 15.4. The lowest BCUT2D eigenvalue weighted by Gasteiger charge is -2.11. The van der Waals surface area contributed by atoms with Crippen LogP contribution < -0.4 is 9.47 Å². The number of benzene rings is 2. The number of hydrogen-bond donors (Lipinski definition) is 0. The maximum atomic E-state index is 13.8. The zero-order valence-corrected chi connectivity index (χ0v) is 12.6. The summed E-state index contributed by atoms with van der Waals surface area (Å²) in [5.41, 5.74) is 0.361. The lowest BCUT2D eigenvalue weighted by molar-refractivity contribution is -0.385. The molecule has 0 aliphatic rings. The summed E-state index contributed by atoms with van der Waals surface area (Å²) < 4.78 is 24.2. The summed E-state index contributed by atoms with van der Waals surface area (Å²) in [6, 6.07) is 8.61. The molecule has 0 saturated heterocycles. The van der Waals surface area contributed by atoms with Crippen LogP contribution in [-0.4, -0.2) is 12.0 Å². The van der Waals surface area contributed by atoms with E-state index >= 15 is 0 Å². The molecule has 0 unspecified atom stereocenters. The van der Waals surface area contributed by atoms with Gasteiger partial charge >= 0.3 is 5.69 Å². The van der Waals surface area contributed by atoms with Gasteiger partial charge in [-0.05, 0) is 18.2 Å². The normalized spacial score (nSPS) is 10.2. The molecule has 2 aromatic rings. The molecule has 0 atom stereocenters. The maximum Gasteiger partial charge on any atom is 0.314 e. The van der Waals surface area contributed by atoms with Crippen LogP contribution in [0.15, 0.2) is 36.4 Å². The van der Waals surface area contributed by atoms with Crippen LogP contribution in [0, 0.1) is 15.9 Å². The predicted molar refractivity (Wildman–Crippen MR) is 78.8 cm³/mol. The summed E-state index contributed by atoms with van der Waals surface area (Å²) in [6.45, 7) is 0. The Morgan fingerprint density at radius 1 is 1.33 bits per heavy atom. The third-order valence-electron chi connectivity index (χ3n) is 2.76. The number of alkyl halides is 1. The molecule has 0 N–H and O–H groups in total. The second kappa shape index (κ2) is 6.53. The molecule has 0 aliphatic carbocycles. The molecule has 5 nitrogen and oxygen atoms in total. The first-order valence-corrected chi connectivity index (χ1v) is 7.02. The van der Waals surface area contributed by atoms with E-state index in [0.717, 1.165) is 0 Å². The van der Waals surface area contributed by atoms with Gasteiger partial charge < -0.3 is 9.47 Å². The molecule has 0 saturated carbocycles. The van der Waals surface area contributed by atoms with E-state index in [1.54, 1.807) is 12.1 Å². The van der Waals surface area contributed by atoms with Crippen LogP contribution in [0.5, 0.6) is 17.2 Å². The molecular formula is C14H11BrFNO4. The monoisotopic (exact) mass is 355 g/mol. The maximum absolute atomic E-state index is 13.8. The van der Waals surface area contributed by atoms with Gasteiger partial charge in [0.2, 0.25) is 0 Å². The topological polar surface area (TPSA) is 61.6 Å². The number of nitro groups is 1. The molecule has 0 spiro atoms. The molecule has 0 aliphatic heterocycles. The molecule has 2 rings (SSSR count). The summed E-state index contributed by atoms with van der Waals surface area (Å²) in [6.07, 6.45) is 0. The minimum atomic E-state index is -0.585. The minimum Gasteiger partial charge on any atom is -0.490 e. The van der Waals surface area contributed by atoms with Crippen LogP contribution in [0.4, 0.5) is 10.1 Å². The number of nitrogens with zero attached hydrogens (tertiary/aromatic N) is 1.